The van der Waals surface area contributed by atoms with Crippen LogP contribution in [0, 0.1) is 11.6 Å². The topological polar surface area (TPSA) is 42.2 Å². The van der Waals surface area contributed by atoms with Crippen molar-refractivity contribution in [3.8, 4) is 11.1 Å². The maximum atomic E-state index is 13.1. The van der Waals surface area contributed by atoms with E-state index >= 15 is 0 Å². The van der Waals surface area contributed by atoms with Gasteiger partial charge < -0.3 is 9.73 Å². The predicted octanol–water partition coefficient (Wildman–Crippen LogP) is 4.15. The first kappa shape index (κ1) is 15.0. The number of furan rings is 1. The highest BCUT2D eigenvalue weighted by molar-refractivity contribution is 5.94. The van der Waals surface area contributed by atoms with Gasteiger partial charge in [0, 0.05) is 17.7 Å². The van der Waals surface area contributed by atoms with Crippen molar-refractivity contribution in [3.05, 3.63) is 83.8 Å². The minimum absolute atomic E-state index is 0.0823. The van der Waals surface area contributed by atoms with Crippen LogP contribution in [-0.2, 0) is 6.54 Å². The highest BCUT2D eigenvalue weighted by atomic mass is 19.2. The molecule has 23 heavy (non-hydrogen) atoms. The zero-order chi connectivity index (χ0) is 16.2. The van der Waals surface area contributed by atoms with Crippen LogP contribution in [0.1, 0.15) is 15.9 Å². The molecule has 116 valence electrons. The summed E-state index contributed by atoms with van der Waals surface area (Å²) >= 11 is 0. The maximum absolute atomic E-state index is 13.1. The van der Waals surface area contributed by atoms with E-state index in [0.29, 0.717) is 6.54 Å². The fourth-order valence-electron chi connectivity index (χ4n) is 2.17. The Morgan fingerprint density at radius 2 is 1.74 bits per heavy atom. The van der Waals surface area contributed by atoms with E-state index in [1.54, 1.807) is 12.5 Å². The molecule has 0 saturated carbocycles. The first-order valence-electron chi connectivity index (χ1n) is 6.98. The lowest BCUT2D eigenvalue weighted by atomic mass is 10.1. The summed E-state index contributed by atoms with van der Waals surface area (Å²) in [4.78, 5) is 11.9. The van der Waals surface area contributed by atoms with Crippen LogP contribution in [0.4, 0.5) is 8.78 Å². The van der Waals surface area contributed by atoms with E-state index in [1.165, 1.54) is 6.07 Å². The number of hydrogen-bond acceptors (Lipinski definition) is 2. The van der Waals surface area contributed by atoms with Crippen molar-refractivity contribution in [2.24, 2.45) is 0 Å². The Balaban J connectivity index is 1.63. The van der Waals surface area contributed by atoms with Crippen molar-refractivity contribution in [2.45, 2.75) is 6.54 Å². The first-order valence-corrected chi connectivity index (χ1v) is 6.98. The van der Waals surface area contributed by atoms with E-state index < -0.39 is 17.5 Å². The van der Waals surface area contributed by atoms with Gasteiger partial charge >= 0.3 is 0 Å². The largest absolute Gasteiger partial charge is 0.472 e. The average molecular weight is 313 g/mol. The smallest absolute Gasteiger partial charge is 0.251 e. The summed E-state index contributed by atoms with van der Waals surface area (Å²) < 4.78 is 31.0. The highest BCUT2D eigenvalue weighted by Crippen LogP contribution is 2.20. The van der Waals surface area contributed by atoms with Crippen LogP contribution in [0.5, 0.6) is 0 Å². The van der Waals surface area contributed by atoms with E-state index in [2.05, 4.69) is 5.32 Å². The van der Waals surface area contributed by atoms with Gasteiger partial charge in [0.05, 0.1) is 12.5 Å². The monoisotopic (exact) mass is 313 g/mol. The fourth-order valence-corrected chi connectivity index (χ4v) is 2.17. The number of rotatable bonds is 4. The van der Waals surface area contributed by atoms with Gasteiger partial charge in [-0.25, -0.2) is 8.78 Å². The Labute approximate surface area is 131 Å². The van der Waals surface area contributed by atoms with Crippen molar-refractivity contribution in [1.82, 2.24) is 5.32 Å². The van der Waals surface area contributed by atoms with Gasteiger partial charge in [-0.05, 0) is 35.4 Å². The highest BCUT2D eigenvalue weighted by Gasteiger charge is 2.09. The molecule has 0 aliphatic carbocycles. The van der Waals surface area contributed by atoms with Crippen LogP contribution in [0.25, 0.3) is 11.1 Å². The molecule has 0 saturated heterocycles. The first-order chi connectivity index (χ1) is 11.1. The SMILES string of the molecule is O=C(NCc1ccc(-c2ccoc2)cc1)c1ccc(F)c(F)c1. The quantitative estimate of drug-likeness (QED) is 0.786. The van der Waals surface area contributed by atoms with Gasteiger partial charge in [-0.15, -0.1) is 0 Å². The van der Waals surface area contributed by atoms with E-state index in [4.69, 9.17) is 4.42 Å². The second-order valence-electron chi connectivity index (χ2n) is 5.02. The van der Waals surface area contributed by atoms with Crippen LogP contribution < -0.4 is 5.32 Å². The lowest BCUT2D eigenvalue weighted by Crippen LogP contribution is -2.22. The number of hydrogen-bond donors (Lipinski definition) is 1. The molecule has 0 fully saturated rings. The van der Waals surface area contributed by atoms with E-state index in [0.717, 1.165) is 28.8 Å². The van der Waals surface area contributed by atoms with Crippen LogP contribution in [0.3, 0.4) is 0 Å². The van der Waals surface area contributed by atoms with Crippen molar-refractivity contribution in [2.75, 3.05) is 0 Å². The molecule has 0 radical (unpaired) electrons. The Bertz CT molecular complexity index is 812. The third-order valence-corrected chi connectivity index (χ3v) is 3.44. The third kappa shape index (κ3) is 3.45. The van der Waals surface area contributed by atoms with Gasteiger partial charge in [0.2, 0.25) is 0 Å². The maximum Gasteiger partial charge on any atom is 0.251 e. The second kappa shape index (κ2) is 6.44. The lowest BCUT2D eigenvalue weighted by Gasteiger charge is -2.06. The van der Waals surface area contributed by atoms with Gasteiger partial charge in [-0.2, -0.15) is 0 Å². The summed E-state index contributed by atoms with van der Waals surface area (Å²) in [5.41, 5.74) is 2.96. The molecule has 0 spiro atoms. The molecule has 1 aromatic heterocycles. The molecule has 2 aromatic carbocycles. The van der Waals surface area contributed by atoms with Crippen LogP contribution in [-0.4, -0.2) is 5.91 Å². The molecule has 1 heterocycles. The molecular formula is C18H13F2NO2. The van der Waals surface area contributed by atoms with Crippen molar-refractivity contribution >= 4 is 5.91 Å². The summed E-state index contributed by atoms with van der Waals surface area (Å²) in [5, 5.41) is 2.67. The summed E-state index contributed by atoms with van der Waals surface area (Å²) in [6.07, 6.45) is 3.26. The number of nitrogens with one attached hydrogen (secondary N) is 1. The molecule has 0 aliphatic heterocycles. The minimum Gasteiger partial charge on any atom is -0.472 e. The molecule has 0 aliphatic rings. The van der Waals surface area contributed by atoms with Crippen LogP contribution in [0.15, 0.2) is 65.5 Å². The lowest BCUT2D eigenvalue weighted by molar-refractivity contribution is 0.0950. The van der Waals surface area contributed by atoms with Gasteiger partial charge in [0.15, 0.2) is 11.6 Å². The zero-order valence-corrected chi connectivity index (χ0v) is 12.1. The zero-order valence-electron chi connectivity index (χ0n) is 12.1. The summed E-state index contributed by atoms with van der Waals surface area (Å²) in [6, 6.07) is 12.5. The Morgan fingerprint density at radius 1 is 0.957 bits per heavy atom. The molecule has 0 atom stereocenters. The van der Waals surface area contributed by atoms with Crippen molar-refractivity contribution in [3.63, 3.8) is 0 Å². The number of carbonyl (C=O) groups excluding carboxylic acids is 1. The molecule has 0 bridgehead atoms. The Hall–Kier alpha value is -2.95. The molecule has 3 nitrogen and oxygen atoms in total. The molecule has 0 unspecified atom stereocenters. The average Bonchev–Trinajstić information content (AvgIpc) is 3.10. The van der Waals surface area contributed by atoms with E-state index in [1.807, 2.05) is 30.3 Å². The number of carbonyl (C=O) groups is 1. The van der Waals surface area contributed by atoms with Gasteiger partial charge in [0.25, 0.3) is 5.91 Å². The summed E-state index contributed by atoms with van der Waals surface area (Å²) in [6.45, 7) is 0.295. The van der Waals surface area contributed by atoms with Gasteiger partial charge in [0.1, 0.15) is 0 Å². The molecule has 1 N–H and O–H groups in total. The molecule has 3 rings (SSSR count). The normalized spacial score (nSPS) is 10.5. The van der Waals surface area contributed by atoms with E-state index in [-0.39, 0.29) is 5.56 Å². The summed E-state index contributed by atoms with van der Waals surface area (Å²) in [5.74, 6) is -2.47. The van der Waals surface area contributed by atoms with Crippen molar-refractivity contribution < 1.29 is 18.0 Å². The summed E-state index contributed by atoms with van der Waals surface area (Å²) in [7, 11) is 0. The van der Waals surface area contributed by atoms with Crippen LogP contribution >= 0.6 is 0 Å². The molecule has 5 heteroatoms. The number of halogens is 2. The molecule has 3 aromatic rings. The van der Waals surface area contributed by atoms with Crippen LogP contribution in [0.2, 0.25) is 0 Å². The van der Waals surface area contributed by atoms with Crippen molar-refractivity contribution in [1.29, 1.82) is 0 Å². The number of amides is 1. The standard InChI is InChI=1S/C18H13F2NO2/c19-16-6-5-14(9-17(16)20)18(22)21-10-12-1-3-13(4-2-12)15-7-8-23-11-15/h1-9,11H,10H2,(H,21,22). The Morgan fingerprint density at radius 3 is 2.39 bits per heavy atom. The fraction of sp³-hybridized carbons (Fsp3) is 0.0556. The van der Waals surface area contributed by atoms with Gasteiger partial charge in [-0.1, -0.05) is 24.3 Å². The second-order valence-corrected chi connectivity index (χ2v) is 5.02. The number of benzene rings is 2. The Kier molecular flexibility index (Phi) is 4.19. The minimum atomic E-state index is -1.04. The molecule has 1 amide bonds. The predicted molar refractivity (Wildman–Crippen MR) is 81.7 cm³/mol. The molecular weight excluding hydrogens is 300 g/mol. The van der Waals surface area contributed by atoms with Gasteiger partial charge in [-0.3, -0.25) is 4.79 Å². The van der Waals surface area contributed by atoms with E-state index in [9.17, 15) is 13.6 Å². The third-order valence-electron chi connectivity index (χ3n) is 3.44.